The molecule has 1 aliphatic rings. The van der Waals surface area contributed by atoms with E-state index in [1.807, 2.05) is 12.1 Å². The molecular formula is C13H19ClN2O. The first kappa shape index (κ1) is 12.8. The largest absolute Gasteiger partial charge is 0.316 e. The van der Waals surface area contributed by atoms with Crippen molar-refractivity contribution in [1.82, 2.24) is 10.4 Å². The third-order valence-electron chi connectivity index (χ3n) is 3.51. The lowest BCUT2D eigenvalue weighted by atomic mass is 9.89. The maximum Gasteiger partial charge on any atom is 0.0458 e. The molecule has 0 aromatic heterocycles. The molecule has 0 bridgehead atoms. The quantitative estimate of drug-likeness (QED) is 0.814. The number of hydroxylamine groups is 1. The highest BCUT2D eigenvalue weighted by Gasteiger charge is 2.20. The first-order chi connectivity index (χ1) is 8.20. The smallest absolute Gasteiger partial charge is 0.0458 e. The summed E-state index contributed by atoms with van der Waals surface area (Å²) in [5.74, 6) is 0.579. The van der Waals surface area contributed by atoms with E-state index in [0.717, 1.165) is 23.7 Å². The molecule has 1 aliphatic heterocycles. The van der Waals surface area contributed by atoms with Gasteiger partial charge in [0.2, 0.25) is 0 Å². The van der Waals surface area contributed by atoms with Gasteiger partial charge in [-0.3, -0.25) is 0 Å². The van der Waals surface area contributed by atoms with Crippen molar-refractivity contribution in [2.45, 2.75) is 25.3 Å². The van der Waals surface area contributed by atoms with E-state index in [4.69, 9.17) is 16.8 Å². The van der Waals surface area contributed by atoms with Gasteiger partial charge >= 0.3 is 0 Å². The second-order valence-corrected chi connectivity index (χ2v) is 5.18. The minimum absolute atomic E-state index is 0.438. The molecule has 1 fully saturated rings. The van der Waals surface area contributed by atoms with E-state index in [1.165, 1.54) is 18.4 Å². The first-order valence-corrected chi connectivity index (χ1v) is 6.42. The predicted molar refractivity (Wildman–Crippen MR) is 69.6 cm³/mol. The molecule has 0 radical (unpaired) electrons. The van der Waals surface area contributed by atoms with E-state index >= 15 is 0 Å². The number of hydrogen-bond acceptors (Lipinski definition) is 3. The number of nitrogens with one attached hydrogen (secondary N) is 1. The molecule has 0 unspecified atom stereocenters. The Hall–Kier alpha value is -0.610. The van der Waals surface area contributed by atoms with Gasteiger partial charge in [-0.2, -0.15) is 0 Å². The molecule has 0 saturated carbocycles. The minimum Gasteiger partial charge on any atom is -0.316 e. The lowest BCUT2D eigenvalue weighted by molar-refractivity contribution is 0.161. The van der Waals surface area contributed by atoms with Crippen LogP contribution in [-0.2, 0) is 6.54 Å². The summed E-state index contributed by atoms with van der Waals surface area (Å²) in [4.78, 5) is 2.36. The van der Waals surface area contributed by atoms with Crippen LogP contribution in [0.3, 0.4) is 0 Å². The fourth-order valence-electron chi connectivity index (χ4n) is 2.42. The Kier molecular flexibility index (Phi) is 4.40. The van der Waals surface area contributed by atoms with Gasteiger partial charge in [-0.1, -0.05) is 23.7 Å². The van der Waals surface area contributed by atoms with E-state index in [-0.39, 0.29) is 0 Å². The fourth-order valence-corrected chi connectivity index (χ4v) is 2.78. The van der Waals surface area contributed by atoms with Crippen molar-refractivity contribution in [3.05, 3.63) is 34.3 Å². The predicted octanol–water partition coefficient (Wildman–Crippen LogP) is 2.63. The van der Waals surface area contributed by atoms with Gasteiger partial charge in [0.1, 0.15) is 0 Å². The molecule has 0 spiro atoms. The second kappa shape index (κ2) is 5.83. The third kappa shape index (κ3) is 3.19. The van der Waals surface area contributed by atoms with Crippen LogP contribution in [0.5, 0.6) is 0 Å². The highest BCUT2D eigenvalue weighted by Crippen LogP contribution is 2.32. The van der Waals surface area contributed by atoms with Crippen LogP contribution in [-0.4, -0.2) is 30.2 Å². The number of piperidine rings is 1. The fraction of sp³-hybridized carbons (Fsp3) is 0.538. The van der Waals surface area contributed by atoms with Crippen LogP contribution < -0.4 is 5.48 Å². The summed E-state index contributed by atoms with van der Waals surface area (Å²) < 4.78 is 0. The van der Waals surface area contributed by atoms with Crippen molar-refractivity contribution < 1.29 is 5.21 Å². The number of likely N-dealkylation sites (tertiary alicyclic amines) is 1. The molecule has 0 amide bonds. The van der Waals surface area contributed by atoms with Crippen LogP contribution in [0, 0.1) is 0 Å². The van der Waals surface area contributed by atoms with E-state index < -0.39 is 0 Å². The Morgan fingerprint density at radius 2 is 2.12 bits per heavy atom. The molecule has 2 N–H and O–H groups in total. The SMILES string of the molecule is CN1CCC(c2ccc(CNO)cc2Cl)CC1. The van der Waals surface area contributed by atoms with Crippen molar-refractivity contribution >= 4 is 11.6 Å². The maximum atomic E-state index is 8.66. The molecule has 1 aromatic carbocycles. The van der Waals surface area contributed by atoms with Crippen molar-refractivity contribution in [3.8, 4) is 0 Å². The summed E-state index contributed by atoms with van der Waals surface area (Å²) in [6.07, 6.45) is 2.35. The van der Waals surface area contributed by atoms with Gasteiger partial charge in [0.25, 0.3) is 0 Å². The van der Waals surface area contributed by atoms with Crippen LogP contribution >= 0.6 is 11.6 Å². The number of hydrogen-bond donors (Lipinski definition) is 2. The van der Waals surface area contributed by atoms with Crippen molar-refractivity contribution in [2.75, 3.05) is 20.1 Å². The molecule has 1 aromatic rings. The van der Waals surface area contributed by atoms with Crippen LogP contribution in [0.25, 0.3) is 0 Å². The average molecular weight is 255 g/mol. The van der Waals surface area contributed by atoms with E-state index in [2.05, 4.69) is 23.5 Å². The number of halogens is 1. The van der Waals surface area contributed by atoms with Gasteiger partial charge in [-0.15, -0.1) is 0 Å². The second-order valence-electron chi connectivity index (χ2n) is 4.77. The van der Waals surface area contributed by atoms with Gasteiger partial charge in [0.15, 0.2) is 0 Å². The molecule has 0 atom stereocenters. The Morgan fingerprint density at radius 3 is 2.71 bits per heavy atom. The zero-order valence-corrected chi connectivity index (χ0v) is 10.9. The number of nitrogens with zero attached hydrogens (tertiary/aromatic N) is 1. The average Bonchev–Trinajstić information content (AvgIpc) is 2.31. The zero-order chi connectivity index (χ0) is 12.3. The van der Waals surface area contributed by atoms with Gasteiger partial charge in [-0.05, 0) is 56.1 Å². The van der Waals surface area contributed by atoms with Crippen molar-refractivity contribution in [2.24, 2.45) is 0 Å². The summed E-state index contributed by atoms with van der Waals surface area (Å²) in [6, 6.07) is 6.08. The van der Waals surface area contributed by atoms with Crippen LogP contribution in [0.15, 0.2) is 18.2 Å². The van der Waals surface area contributed by atoms with Crippen LogP contribution in [0.4, 0.5) is 0 Å². The zero-order valence-electron chi connectivity index (χ0n) is 10.1. The Balaban J connectivity index is 2.10. The molecule has 17 heavy (non-hydrogen) atoms. The van der Waals surface area contributed by atoms with E-state index in [9.17, 15) is 0 Å². The minimum atomic E-state index is 0.438. The molecule has 1 saturated heterocycles. The highest BCUT2D eigenvalue weighted by atomic mass is 35.5. The normalized spacial score (nSPS) is 18.5. The summed E-state index contributed by atoms with van der Waals surface area (Å²) in [7, 11) is 2.16. The summed E-state index contributed by atoms with van der Waals surface area (Å²) >= 11 is 6.31. The molecular weight excluding hydrogens is 236 g/mol. The molecule has 1 heterocycles. The maximum absolute atomic E-state index is 8.66. The number of rotatable bonds is 3. The van der Waals surface area contributed by atoms with Crippen molar-refractivity contribution in [1.29, 1.82) is 0 Å². The van der Waals surface area contributed by atoms with Crippen LogP contribution in [0.1, 0.15) is 29.9 Å². The van der Waals surface area contributed by atoms with Crippen molar-refractivity contribution in [3.63, 3.8) is 0 Å². The van der Waals surface area contributed by atoms with Gasteiger partial charge in [0.05, 0.1) is 0 Å². The lowest BCUT2D eigenvalue weighted by Crippen LogP contribution is -2.29. The standard InChI is InChI=1S/C13H19ClN2O/c1-16-6-4-11(5-7-16)12-3-2-10(9-15-17)8-13(12)14/h2-3,8,11,15,17H,4-7,9H2,1H3. The molecule has 2 rings (SSSR count). The summed E-state index contributed by atoms with van der Waals surface area (Å²) in [5.41, 5.74) is 4.41. The van der Waals surface area contributed by atoms with E-state index in [0.29, 0.717) is 12.5 Å². The highest BCUT2D eigenvalue weighted by molar-refractivity contribution is 6.31. The van der Waals surface area contributed by atoms with Gasteiger partial charge in [-0.25, -0.2) is 5.48 Å². The molecule has 0 aliphatic carbocycles. The van der Waals surface area contributed by atoms with Crippen LogP contribution in [0.2, 0.25) is 5.02 Å². The van der Waals surface area contributed by atoms with Gasteiger partial charge < -0.3 is 10.1 Å². The molecule has 3 nitrogen and oxygen atoms in total. The Bertz CT molecular complexity index is 376. The third-order valence-corrected chi connectivity index (χ3v) is 3.83. The van der Waals surface area contributed by atoms with E-state index in [1.54, 1.807) is 0 Å². The first-order valence-electron chi connectivity index (χ1n) is 6.04. The number of benzene rings is 1. The lowest BCUT2D eigenvalue weighted by Gasteiger charge is -2.29. The Morgan fingerprint density at radius 1 is 1.41 bits per heavy atom. The summed E-state index contributed by atoms with van der Waals surface area (Å²) in [5, 5.41) is 9.49. The van der Waals surface area contributed by atoms with Gasteiger partial charge in [0, 0.05) is 11.6 Å². The molecule has 4 heteroatoms. The molecule has 94 valence electrons. The Labute approximate surface area is 107 Å². The summed E-state index contributed by atoms with van der Waals surface area (Å²) in [6.45, 7) is 2.72. The topological polar surface area (TPSA) is 35.5 Å². The monoisotopic (exact) mass is 254 g/mol.